The monoisotopic (exact) mass is 355 g/mol. The number of carbonyl (C=O) groups is 1. The lowest BCUT2D eigenvalue weighted by Gasteiger charge is -2.34. The lowest BCUT2D eigenvalue weighted by Crippen LogP contribution is -2.50. The highest BCUT2D eigenvalue weighted by Gasteiger charge is 2.23. The molecule has 1 aromatic heterocycles. The fourth-order valence-corrected chi connectivity index (χ4v) is 3.57. The van der Waals surface area contributed by atoms with Gasteiger partial charge < -0.3 is 24.5 Å². The Morgan fingerprint density at radius 2 is 1.69 bits per heavy atom. The molecule has 0 aliphatic carbocycles. The molecule has 2 aliphatic heterocycles. The minimum absolute atomic E-state index is 0.0464. The van der Waals surface area contributed by atoms with Gasteiger partial charge in [0.25, 0.3) is 0 Å². The Morgan fingerprint density at radius 1 is 1.00 bits per heavy atom. The summed E-state index contributed by atoms with van der Waals surface area (Å²) in [6.45, 7) is 6.99. The van der Waals surface area contributed by atoms with E-state index in [4.69, 9.17) is 4.52 Å². The molecule has 0 unspecified atom stereocenters. The summed E-state index contributed by atoms with van der Waals surface area (Å²) in [4.78, 5) is 18.9. The zero-order valence-electron chi connectivity index (χ0n) is 15.1. The maximum atomic E-state index is 12.5. The molecule has 0 radical (unpaired) electrons. The van der Waals surface area contributed by atoms with Crippen molar-refractivity contribution in [1.29, 1.82) is 0 Å². The molecular formula is C19H25N5O2. The lowest BCUT2D eigenvalue weighted by atomic mass is 10.2. The largest absolute Gasteiger partial charge is 0.372 e. The minimum Gasteiger partial charge on any atom is -0.372 e. The second-order valence-electron chi connectivity index (χ2n) is 6.94. The average Bonchev–Trinajstić information content (AvgIpc) is 3.34. The molecule has 0 atom stereocenters. The molecule has 0 bridgehead atoms. The standard InChI is InChI=1S/C19H25N5O2/c1-15-14-18(21-26-15)23-10-12-24(13-11-23)19(25)20-16-4-6-17(7-5-16)22-8-2-3-9-22/h4-7,14H,2-3,8-13H2,1H3,(H,20,25). The van der Waals surface area contributed by atoms with E-state index in [0.717, 1.165) is 43.4 Å². The topological polar surface area (TPSA) is 64.8 Å². The summed E-state index contributed by atoms with van der Waals surface area (Å²) in [7, 11) is 0. The number of anilines is 3. The number of aromatic nitrogens is 1. The van der Waals surface area contributed by atoms with Crippen molar-refractivity contribution in [1.82, 2.24) is 10.1 Å². The summed E-state index contributed by atoms with van der Waals surface area (Å²) in [5.41, 5.74) is 2.07. The smallest absolute Gasteiger partial charge is 0.321 e. The Hall–Kier alpha value is -2.70. The third-order valence-corrected chi connectivity index (χ3v) is 5.10. The van der Waals surface area contributed by atoms with Crippen LogP contribution in [0, 0.1) is 6.92 Å². The maximum Gasteiger partial charge on any atom is 0.321 e. The van der Waals surface area contributed by atoms with Crippen LogP contribution in [0.2, 0.25) is 0 Å². The fraction of sp³-hybridized carbons (Fsp3) is 0.474. The molecule has 0 spiro atoms. The van der Waals surface area contributed by atoms with Crippen molar-refractivity contribution in [2.24, 2.45) is 0 Å². The summed E-state index contributed by atoms with van der Waals surface area (Å²) in [6, 6.07) is 10.0. The van der Waals surface area contributed by atoms with Crippen LogP contribution in [0.5, 0.6) is 0 Å². The zero-order chi connectivity index (χ0) is 17.9. The second kappa shape index (κ2) is 7.27. The number of urea groups is 1. The van der Waals surface area contributed by atoms with E-state index in [0.29, 0.717) is 13.1 Å². The summed E-state index contributed by atoms with van der Waals surface area (Å²) in [6.07, 6.45) is 2.52. The Balaban J connectivity index is 1.30. The van der Waals surface area contributed by atoms with Gasteiger partial charge >= 0.3 is 6.03 Å². The number of hydrogen-bond acceptors (Lipinski definition) is 5. The van der Waals surface area contributed by atoms with Crippen molar-refractivity contribution in [2.45, 2.75) is 19.8 Å². The Bertz CT molecular complexity index is 744. The van der Waals surface area contributed by atoms with Gasteiger partial charge in [0.2, 0.25) is 0 Å². The summed E-state index contributed by atoms with van der Waals surface area (Å²) in [5.74, 6) is 1.65. The predicted octanol–water partition coefficient (Wildman–Crippen LogP) is 2.94. The van der Waals surface area contributed by atoms with Crippen LogP contribution in [-0.2, 0) is 0 Å². The van der Waals surface area contributed by atoms with E-state index in [1.165, 1.54) is 18.5 Å². The molecule has 2 amide bonds. The Kier molecular flexibility index (Phi) is 4.69. The van der Waals surface area contributed by atoms with Crippen LogP contribution in [-0.4, -0.2) is 55.4 Å². The predicted molar refractivity (Wildman–Crippen MR) is 102 cm³/mol. The van der Waals surface area contributed by atoms with Crippen molar-refractivity contribution in [3.8, 4) is 0 Å². The maximum absolute atomic E-state index is 12.5. The van der Waals surface area contributed by atoms with E-state index in [-0.39, 0.29) is 6.03 Å². The van der Waals surface area contributed by atoms with Gasteiger partial charge in [0.05, 0.1) is 0 Å². The van der Waals surface area contributed by atoms with Crippen molar-refractivity contribution in [2.75, 3.05) is 54.4 Å². The summed E-state index contributed by atoms with van der Waals surface area (Å²) in [5, 5.41) is 7.05. The second-order valence-corrected chi connectivity index (χ2v) is 6.94. The van der Waals surface area contributed by atoms with Gasteiger partial charge in [0, 0.05) is 56.7 Å². The number of rotatable bonds is 3. The average molecular weight is 355 g/mol. The number of piperazine rings is 1. The van der Waals surface area contributed by atoms with E-state index in [9.17, 15) is 4.79 Å². The normalized spacial score (nSPS) is 17.7. The minimum atomic E-state index is -0.0464. The Morgan fingerprint density at radius 3 is 2.31 bits per heavy atom. The molecule has 1 aromatic carbocycles. The molecule has 2 aromatic rings. The van der Waals surface area contributed by atoms with Gasteiger partial charge in [-0.2, -0.15) is 0 Å². The van der Waals surface area contributed by atoms with E-state index in [1.54, 1.807) is 0 Å². The lowest BCUT2D eigenvalue weighted by molar-refractivity contribution is 0.208. The number of nitrogens with one attached hydrogen (secondary N) is 1. The number of aryl methyl sites for hydroxylation is 1. The number of benzene rings is 1. The number of hydrogen-bond donors (Lipinski definition) is 1. The number of carbonyl (C=O) groups excluding carboxylic acids is 1. The third-order valence-electron chi connectivity index (χ3n) is 5.10. The zero-order valence-corrected chi connectivity index (χ0v) is 15.1. The van der Waals surface area contributed by atoms with E-state index in [1.807, 2.05) is 30.0 Å². The molecule has 7 nitrogen and oxygen atoms in total. The van der Waals surface area contributed by atoms with Crippen LogP contribution in [0.4, 0.5) is 22.0 Å². The highest BCUT2D eigenvalue weighted by molar-refractivity contribution is 5.89. The molecule has 4 rings (SSSR count). The van der Waals surface area contributed by atoms with Gasteiger partial charge in [-0.25, -0.2) is 4.79 Å². The molecule has 7 heteroatoms. The molecule has 0 saturated carbocycles. The Labute approximate surface area is 153 Å². The van der Waals surface area contributed by atoms with Crippen LogP contribution in [0.1, 0.15) is 18.6 Å². The highest BCUT2D eigenvalue weighted by atomic mass is 16.5. The van der Waals surface area contributed by atoms with Gasteiger partial charge in [-0.3, -0.25) is 0 Å². The quantitative estimate of drug-likeness (QED) is 0.917. The first kappa shape index (κ1) is 16.8. The van der Waals surface area contributed by atoms with Gasteiger partial charge in [0.1, 0.15) is 5.76 Å². The van der Waals surface area contributed by atoms with E-state index in [2.05, 4.69) is 32.4 Å². The molecule has 26 heavy (non-hydrogen) atoms. The van der Waals surface area contributed by atoms with Crippen LogP contribution in [0.3, 0.4) is 0 Å². The van der Waals surface area contributed by atoms with Crippen molar-refractivity contribution >= 4 is 23.2 Å². The van der Waals surface area contributed by atoms with E-state index < -0.39 is 0 Å². The molecular weight excluding hydrogens is 330 g/mol. The third kappa shape index (κ3) is 3.61. The summed E-state index contributed by atoms with van der Waals surface area (Å²) < 4.78 is 5.13. The van der Waals surface area contributed by atoms with E-state index >= 15 is 0 Å². The highest BCUT2D eigenvalue weighted by Crippen LogP contribution is 2.22. The fourth-order valence-electron chi connectivity index (χ4n) is 3.57. The molecule has 1 N–H and O–H groups in total. The van der Waals surface area contributed by atoms with Gasteiger partial charge in [-0.05, 0) is 44.0 Å². The molecule has 2 saturated heterocycles. The van der Waals surface area contributed by atoms with Gasteiger partial charge in [-0.1, -0.05) is 5.16 Å². The number of nitrogens with zero attached hydrogens (tertiary/aromatic N) is 4. The first-order valence-electron chi connectivity index (χ1n) is 9.28. The van der Waals surface area contributed by atoms with Gasteiger partial charge in [-0.15, -0.1) is 0 Å². The van der Waals surface area contributed by atoms with Crippen LogP contribution >= 0.6 is 0 Å². The first-order chi connectivity index (χ1) is 12.7. The van der Waals surface area contributed by atoms with Crippen molar-refractivity contribution in [3.05, 3.63) is 36.1 Å². The summed E-state index contributed by atoms with van der Waals surface area (Å²) >= 11 is 0. The molecule has 138 valence electrons. The SMILES string of the molecule is Cc1cc(N2CCN(C(=O)Nc3ccc(N4CCCC4)cc3)CC2)no1. The first-order valence-corrected chi connectivity index (χ1v) is 9.28. The van der Waals surface area contributed by atoms with Crippen molar-refractivity contribution in [3.63, 3.8) is 0 Å². The van der Waals surface area contributed by atoms with Crippen LogP contribution in [0.25, 0.3) is 0 Å². The van der Waals surface area contributed by atoms with Gasteiger partial charge in [0.15, 0.2) is 5.82 Å². The molecule has 2 fully saturated rings. The molecule has 2 aliphatic rings. The number of amides is 2. The van der Waals surface area contributed by atoms with Crippen LogP contribution in [0.15, 0.2) is 34.9 Å². The molecule has 3 heterocycles. The van der Waals surface area contributed by atoms with Crippen molar-refractivity contribution < 1.29 is 9.32 Å². The van der Waals surface area contributed by atoms with Crippen LogP contribution < -0.4 is 15.1 Å².